The first kappa shape index (κ1) is 19.8. The van der Waals surface area contributed by atoms with Crippen LogP contribution >= 0.6 is 11.3 Å². The second kappa shape index (κ2) is 8.56. The topological polar surface area (TPSA) is 66.9 Å². The SMILES string of the molecule is Cc1ccccc1Nc1nc(C(=O)N2CCN(Cc3ccc4c(c3)OCO4)CC2)cs1. The first-order valence-electron chi connectivity index (χ1n) is 10.3. The number of carbonyl (C=O) groups is 1. The summed E-state index contributed by atoms with van der Waals surface area (Å²) in [5, 5.41) is 5.88. The molecule has 1 saturated heterocycles. The number of ether oxygens (including phenoxy) is 2. The Labute approximate surface area is 185 Å². The van der Waals surface area contributed by atoms with Gasteiger partial charge in [0.05, 0.1) is 0 Å². The van der Waals surface area contributed by atoms with Crippen LogP contribution < -0.4 is 14.8 Å². The average Bonchev–Trinajstić information content (AvgIpc) is 3.45. The van der Waals surface area contributed by atoms with Gasteiger partial charge in [-0.2, -0.15) is 0 Å². The Morgan fingerprint density at radius 2 is 1.90 bits per heavy atom. The van der Waals surface area contributed by atoms with Crippen LogP contribution in [0.4, 0.5) is 10.8 Å². The lowest BCUT2D eigenvalue weighted by molar-refractivity contribution is 0.0623. The fourth-order valence-corrected chi connectivity index (χ4v) is 4.52. The van der Waals surface area contributed by atoms with Gasteiger partial charge in [-0.1, -0.05) is 24.3 Å². The van der Waals surface area contributed by atoms with E-state index in [4.69, 9.17) is 9.47 Å². The highest BCUT2D eigenvalue weighted by Crippen LogP contribution is 2.33. The number of nitrogens with zero attached hydrogens (tertiary/aromatic N) is 3. The van der Waals surface area contributed by atoms with Crippen LogP contribution in [0.5, 0.6) is 11.5 Å². The van der Waals surface area contributed by atoms with Crippen LogP contribution in [0.3, 0.4) is 0 Å². The number of rotatable bonds is 5. The summed E-state index contributed by atoms with van der Waals surface area (Å²) in [5.41, 5.74) is 3.85. The maximum atomic E-state index is 12.9. The molecule has 5 rings (SSSR count). The van der Waals surface area contributed by atoms with Crippen LogP contribution in [0.25, 0.3) is 0 Å². The van der Waals surface area contributed by atoms with Crippen molar-refractivity contribution in [1.29, 1.82) is 0 Å². The number of nitrogens with one attached hydrogen (secondary N) is 1. The average molecular weight is 437 g/mol. The van der Waals surface area contributed by atoms with Gasteiger partial charge in [-0.25, -0.2) is 4.98 Å². The molecule has 0 spiro atoms. The van der Waals surface area contributed by atoms with E-state index in [1.165, 1.54) is 16.9 Å². The highest BCUT2D eigenvalue weighted by molar-refractivity contribution is 7.14. The minimum Gasteiger partial charge on any atom is -0.454 e. The molecule has 1 N–H and O–H groups in total. The standard InChI is InChI=1S/C23H24N4O3S/c1-16-4-2-3-5-18(16)24-23-25-19(14-31-23)22(28)27-10-8-26(9-11-27)13-17-6-7-20-21(12-17)30-15-29-20/h2-7,12,14H,8-11,13,15H2,1H3,(H,24,25). The molecule has 0 atom stereocenters. The van der Waals surface area contributed by atoms with Gasteiger partial charge in [0.1, 0.15) is 5.69 Å². The third-order valence-electron chi connectivity index (χ3n) is 5.61. The zero-order valence-corrected chi connectivity index (χ0v) is 18.2. The molecular weight excluding hydrogens is 412 g/mol. The Balaban J connectivity index is 1.16. The third-order valence-corrected chi connectivity index (χ3v) is 6.37. The summed E-state index contributed by atoms with van der Waals surface area (Å²) in [4.78, 5) is 21.7. The van der Waals surface area contributed by atoms with Gasteiger partial charge >= 0.3 is 0 Å². The van der Waals surface area contributed by atoms with Crippen molar-refractivity contribution in [3.63, 3.8) is 0 Å². The zero-order valence-electron chi connectivity index (χ0n) is 17.3. The molecule has 8 heteroatoms. The Kier molecular flexibility index (Phi) is 5.48. The van der Waals surface area contributed by atoms with Crippen LogP contribution in [0.1, 0.15) is 21.6 Å². The smallest absolute Gasteiger partial charge is 0.273 e. The normalized spacial score (nSPS) is 15.8. The number of aryl methyl sites for hydroxylation is 1. The number of fused-ring (bicyclic) bond motifs is 1. The van der Waals surface area contributed by atoms with Gasteiger partial charge < -0.3 is 19.7 Å². The van der Waals surface area contributed by atoms with Crippen molar-refractivity contribution >= 4 is 28.1 Å². The van der Waals surface area contributed by atoms with Crippen molar-refractivity contribution in [2.45, 2.75) is 13.5 Å². The van der Waals surface area contributed by atoms with Crippen molar-refractivity contribution in [2.75, 3.05) is 38.3 Å². The molecule has 2 aliphatic rings. The largest absolute Gasteiger partial charge is 0.454 e. The van der Waals surface area contributed by atoms with Crippen LogP contribution in [-0.2, 0) is 6.54 Å². The van der Waals surface area contributed by atoms with E-state index in [1.807, 2.05) is 53.6 Å². The number of aromatic nitrogens is 1. The molecule has 0 saturated carbocycles. The molecule has 0 radical (unpaired) electrons. The predicted octanol–water partition coefficient (Wildman–Crippen LogP) is 3.88. The summed E-state index contributed by atoms with van der Waals surface area (Å²) in [6.07, 6.45) is 0. The van der Waals surface area contributed by atoms with Crippen molar-refractivity contribution in [2.24, 2.45) is 0 Å². The summed E-state index contributed by atoms with van der Waals surface area (Å²) in [6, 6.07) is 14.1. The van der Waals surface area contributed by atoms with Gasteiger partial charge in [0.2, 0.25) is 6.79 Å². The maximum Gasteiger partial charge on any atom is 0.273 e. The first-order chi connectivity index (χ1) is 15.2. The number of amides is 1. The van der Waals surface area contributed by atoms with Gasteiger partial charge in [-0.05, 0) is 36.2 Å². The van der Waals surface area contributed by atoms with E-state index in [2.05, 4.69) is 21.3 Å². The molecule has 3 aromatic rings. The van der Waals surface area contributed by atoms with Crippen molar-refractivity contribution in [1.82, 2.24) is 14.8 Å². The Morgan fingerprint density at radius 1 is 1.10 bits per heavy atom. The van der Waals surface area contributed by atoms with Crippen molar-refractivity contribution in [3.8, 4) is 11.5 Å². The summed E-state index contributed by atoms with van der Waals surface area (Å²) in [6.45, 7) is 6.23. The number of carbonyl (C=O) groups excluding carboxylic acids is 1. The van der Waals surface area contributed by atoms with Crippen molar-refractivity contribution < 1.29 is 14.3 Å². The molecule has 0 bridgehead atoms. The van der Waals surface area contributed by atoms with Gasteiger partial charge in [0, 0.05) is 43.8 Å². The molecule has 2 aliphatic heterocycles. The minimum atomic E-state index is -0.00295. The summed E-state index contributed by atoms with van der Waals surface area (Å²) < 4.78 is 10.8. The molecule has 0 unspecified atom stereocenters. The second-order valence-corrected chi connectivity index (χ2v) is 8.59. The fourth-order valence-electron chi connectivity index (χ4n) is 3.83. The van der Waals surface area contributed by atoms with E-state index in [1.54, 1.807) is 0 Å². The first-order valence-corrected chi connectivity index (χ1v) is 11.2. The molecule has 3 heterocycles. The number of hydrogen-bond donors (Lipinski definition) is 1. The van der Waals surface area contributed by atoms with E-state index >= 15 is 0 Å². The number of thiazole rings is 1. The number of piperazine rings is 1. The van der Waals surface area contributed by atoms with E-state index < -0.39 is 0 Å². The Morgan fingerprint density at radius 3 is 2.74 bits per heavy atom. The van der Waals surface area contributed by atoms with Crippen LogP contribution in [-0.4, -0.2) is 53.7 Å². The quantitative estimate of drug-likeness (QED) is 0.655. The summed E-state index contributed by atoms with van der Waals surface area (Å²) in [5.74, 6) is 1.61. The highest BCUT2D eigenvalue weighted by atomic mass is 32.1. The van der Waals surface area contributed by atoms with Gasteiger partial charge in [0.15, 0.2) is 16.6 Å². The molecule has 7 nitrogen and oxygen atoms in total. The lowest BCUT2D eigenvalue weighted by Crippen LogP contribution is -2.48. The zero-order chi connectivity index (χ0) is 21.2. The molecule has 1 amide bonds. The predicted molar refractivity (Wildman–Crippen MR) is 120 cm³/mol. The molecule has 31 heavy (non-hydrogen) atoms. The number of anilines is 2. The van der Waals surface area contributed by atoms with Gasteiger partial charge in [-0.3, -0.25) is 9.69 Å². The second-order valence-electron chi connectivity index (χ2n) is 7.73. The summed E-state index contributed by atoms with van der Waals surface area (Å²) >= 11 is 1.46. The lowest BCUT2D eigenvalue weighted by atomic mass is 10.1. The Hall–Kier alpha value is -3.10. The van der Waals surface area contributed by atoms with E-state index in [9.17, 15) is 4.79 Å². The van der Waals surface area contributed by atoms with Gasteiger partial charge in [-0.15, -0.1) is 11.3 Å². The van der Waals surface area contributed by atoms with Crippen molar-refractivity contribution in [3.05, 3.63) is 64.7 Å². The van der Waals surface area contributed by atoms with Crippen LogP contribution in [0, 0.1) is 6.92 Å². The monoisotopic (exact) mass is 436 g/mol. The number of para-hydroxylation sites is 1. The highest BCUT2D eigenvalue weighted by Gasteiger charge is 2.24. The van der Waals surface area contributed by atoms with E-state index in [-0.39, 0.29) is 5.91 Å². The number of hydrogen-bond acceptors (Lipinski definition) is 7. The summed E-state index contributed by atoms with van der Waals surface area (Å²) in [7, 11) is 0. The molecule has 0 aliphatic carbocycles. The van der Waals surface area contributed by atoms with Gasteiger partial charge in [0.25, 0.3) is 5.91 Å². The maximum absolute atomic E-state index is 12.9. The molecular formula is C23H24N4O3S. The minimum absolute atomic E-state index is 0.00295. The third kappa shape index (κ3) is 4.35. The fraction of sp³-hybridized carbons (Fsp3) is 0.304. The Bertz CT molecular complexity index is 1090. The molecule has 160 valence electrons. The van der Waals surface area contributed by atoms with Crippen LogP contribution in [0.15, 0.2) is 47.8 Å². The van der Waals surface area contributed by atoms with Crippen LogP contribution in [0.2, 0.25) is 0 Å². The molecule has 1 fully saturated rings. The number of benzene rings is 2. The van der Waals surface area contributed by atoms with E-state index in [0.29, 0.717) is 25.6 Å². The molecule has 1 aromatic heterocycles. The molecule has 2 aromatic carbocycles. The van der Waals surface area contributed by atoms with E-state index in [0.717, 1.165) is 47.5 Å². The lowest BCUT2D eigenvalue weighted by Gasteiger charge is -2.34.